The summed E-state index contributed by atoms with van der Waals surface area (Å²) in [6.45, 7) is 7.43. The van der Waals surface area contributed by atoms with Crippen molar-refractivity contribution in [3.8, 4) is 0 Å². The van der Waals surface area contributed by atoms with E-state index in [2.05, 4.69) is 30.9 Å². The van der Waals surface area contributed by atoms with Crippen molar-refractivity contribution in [2.75, 3.05) is 18.5 Å². The Morgan fingerprint density at radius 2 is 2.12 bits per heavy atom. The minimum Gasteiger partial charge on any atom is -0.402 e. The molecular formula is C19H23ClN6. The van der Waals surface area contributed by atoms with Crippen molar-refractivity contribution in [3.05, 3.63) is 51.3 Å². The van der Waals surface area contributed by atoms with Gasteiger partial charge in [-0.25, -0.2) is 9.97 Å². The van der Waals surface area contributed by atoms with Crippen LogP contribution in [-0.2, 0) is 13.0 Å². The van der Waals surface area contributed by atoms with E-state index in [1.165, 1.54) is 5.56 Å². The molecule has 0 spiro atoms. The lowest BCUT2D eigenvalue weighted by atomic mass is 9.99. The molecule has 3 heterocycles. The molecule has 6 nitrogen and oxygen atoms in total. The van der Waals surface area contributed by atoms with Crippen molar-refractivity contribution in [1.29, 1.82) is 0 Å². The number of anilines is 1. The van der Waals surface area contributed by atoms with Crippen LogP contribution in [0.5, 0.6) is 0 Å². The fourth-order valence-electron chi connectivity index (χ4n) is 3.18. The molecule has 0 bridgehead atoms. The van der Waals surface area contributed by atoms with Crippen molar-refractivity contribution in [2.45, 2.75) is 33.7 Å². The maximum absolute atomic E-state index is 6.08. The normalized spacial score (nSPS) is 15.2. The van der Waals surface area contributed by atoms with Crippen LogP contribution in [-0.4, -0.2) is 34.8 Å². The molecule has 0 fully saturated rings. The molecule has 0 aliphatic carbocycles. The Balaban J connectivity index is 1.98. The molecule has 3 rings (SSSR count). The maximum Gasteiger partial charge on any atom is 0.224 e. The number of aromatic nitrogens is 3. The summed E-state index contributed by atoms with van der Waals surface area (Å²) in [5, 5.41) is 0.281. The zero-order chi connectivity index (χ0) is 18.8. The summed E-state index contributed by atoms with van der Waals surface area (Å²) in [5.41, 5.74) is 12.9. The number of hydrogen-bond acceptors (Lipinski definition) is 6. The quantitative estimate of drug-likeness (QED) is 0.663. The van der Waals surface area contributed by atoms with E-state index in [9.17, 15) is 0 Å². The molecule has 0 atom stereocenters. The molecule has 0 unspecified atom stereocenters. The number of allylic oxidation sites excluding steroid dienone is 2. The van der Waals surface area contributed by atoms with Gasteiger partial charge in [-0.15, -0.1) is 0 Å². The van der Waals surface area contributed by atoms with Crippen LogP contribution in [0.4, 0.5) is 5.82 Å². The van der Waals surface area contributed by atoms with Gasteiger partial charge in [-0.05, 0) is 44.0 Å². The van der Waals surface area contributed by atoms with Gasteiger partial charge in [-0.2, -0.15) is 0 Å². The first-order valence-corrected chi connectivity index (χ1v) is 8.91. The van der Waals surface area contributed by atoms with Crippen LogP contribution in [0.3, 0.4) is 0 Å². The molecule has 1 aliphatic rings. The molecule has 26 heavy (non-hydrogen) atoms. The molecule has 0 saturated carbocycles. The minimum absolute atomic E-state index is 0.281. The third-order valence-electron chi connectivity index (χ3n) is 4.67. The Bertz CT molecular complexity index is 899. The lowest BCUT2D eigenvalue weighted by Gasteiger charge is -2.31. The first-order chi connectivity index (χ1) is 12.4. The molecule has 0 radical (unpaired) electrons. The van der Waals surface area contributed by atoms with E-state index in [1.807, 2.05) is 27.0 Å². The predicted molar refractivity (Wildman–Crippen MR) is 107 cm³/mol. The molecule has 0 saturated heterocycles. The summed E-state index contributed by atoms with van der Waals surface area (Å²) < 4.78 is 0. The highest BCUT2D eigenvalue weighted by molar-refractivity contribution is 6.28. The first-order valence-electron chi connectivity index (χ1n) is 8.53. The van der Waals surface area contributed by atoms with Gasteiger partial charge in [0, 0.05) is 72.8 Å². The van der Waals surface area contributed by atoms with Crippen LogP contribution in [0.25, 0.3) is 5.57 Å². The molecule has 1 aliphatic heterocycles. The van der Waals surface area contributed by atoms with Crippen molar-refractivity contribution >= 4 is 29.2 Å². The summed E-state index contributed by atoms with van der Waals surface area (Å²) >= 11 is 6.08. The zero-order valence-electron chi connectivity index (χ0n) is 15.5. The third-order valence-corrected chi connectivity index (χ3v) is 4.84. The van der Waals surface area contributed by atoms with Crippen molar-refractivity contribution in [3.63, 3.8) is 0 Å². The second-order valence-corrected chi connectivity index (χ2v) is 6.85. The second kappa shape index (κ2) is 7.41. The minimum atomic E-state index is 0.281. The van der Waals surface area contributed by atoms with Crippen LogP contribution < -0.4 is 10.6 Å². The standard InChI is InChI=1S/C19H23ClN6/c1-11-13(3)24-19(20)25-18(11)26-6-5-17-15(10-26)7-14(8-23-17)16(9-22-4)12(2)21/h7-9H,5-6,10,21H2,1-4H3. The van der Waals surface area contributed by atoms with Crippen LogP contribution in [0, 0.1) is 13.8 Å². The van der Waals surface area contributed by atoms with Crippen LogP contribution in [0.2, 0.25) is 5.28 Å². The Morgan fingerprint density at radius 3 is 2.81 bits per heavy atom. The van der Waals surface area contributed by atoms with Crippen molar-refractivity contribution in [2.24, 2.45) is 10.7 Å². The summed E-state index contributed by atoms with van der Waals surface area (Å²) in [7, 11) is 1.74. The molecule has 136 valence electrons. The van der Waals surface area contributed by atoms with Gasteiger partial charge < -0.3 is 10.6 Å². The highest BCUT2D eigenvalue weighted by atomic mass is 35.5. The number of aryl methyl sites for hydroxylation is 1. The fourth-order valence-corrected chi connectivity index (χ4v) is 3.38. The molecule has 2 aromatic rings. The number of rotatable bonds is 3. The zero-order valence-corrected chi connectivity index (χ0v) is 16.3. The van der Waals surface area contributed by atoms with E-state index in [1.54, 1.807) is 13.3 Å². The number of nitrogens with two attached hydrogens (primary N) is 1. The summed E-state index contributed by atoms with van der Waals surface area (Å²) in [5.74, 6) is 0.888. The molecule has 2 aromatic heterocycles. The number of nitrogens with zero attached hydrogens (tertiary/aromatic N) is 5. The van der Waals surface area contributed by atoms with E-state index >= 15 is 0 Å². The molecular weight excluding hydrogens is 348 g/mol. The van der Waals surface area contributed by atoms with E-state index in [0.29, 0.717) is 0 Å². The van der Waals surface area contributed by atoms with Gasteiger partial charge in [0.15, 0.2) is 0 Å². The Hall–Kier alpha value is -2.47. The largest absolute Gasteiger partial charge is 0.402 e. The highest BCUT2D eigenvalue weighted by Crippen LogP contribution is 2.28. The van der Waals surface area contributed by atoms with E-state index in [0.717, 1.165) is 59.1 Å². The molecule has 7 heteroatoms. The van der Waals surface area contributed by atoms with Crippen LogP contribution in [0.15, 0.2) is 23.0 Å². The number of pyridine rings is 1. The Kier molecular flexibility index (Phi) is 5.23. The van der Waals surface area contributed by atoms with E-state index in [-0.39, 0.29) is 5.28 Å². The summed E-state index contributed by atoms with van der Waals surface area (Å²) in [6, 6.07) is 2.15. The lowest BCUT2D eigenvalue weighted by molar-refractivity contribution is 0.697. The van der Waals surface area contributed by atoms with E-state index < -0.39 is 0 Å². The van der Waals surface area contributed by atoms with Gasteiger partial charge in [0.05, 0.1) is 0 Å². The highest BCUT2D eigenvalue weighted by Gasteiger charge is 2.22. The summed E-state index contributed by atoms with van der Waals surface area (Å²) in [6.07, 6.45) is 4.51. The Labute approximate surface area is 158 Å². The van der Waals surface area contributed by atoms with Gasteiger partial charge in [0.1, 0.15) is 5.82 Å². The monoisotopic (exact) mass is 370 g/mol. The third kappa shape index (κ3) is 3.55. The second-order valence-electron chi connectivity index (χ2n) is 6.51. The Morgan fingerprint density at radius 1 is 1.35 bits per heavy atom. The topological polar surface area (TPSA) is 80.3 Å². The van der Waals surface area contributed by atoms with Crippen LogP contribution in [0.1, 0.15) is 35.0 Å². The molecule has 0 amide bonds. The maximum atomic E-state index is 6.08. The summed E-state index contributed by atoms with van der Waals surface area (Å²) in [4.78, 5) is 19.7. The first kappa shape index (κ1) is 18.3. The van der Waals surface area contributed by atoms with Crippen molar-refractivity contribution < 1.29 is 0 Å². The van der Waals surface area contributed by atoms with Crippen LogP contribution >= 0.6 is 11.6 Å². The van der Waals surface area contributed by atoms with Gasteiger partial charge >= 0.3 is 0 Å². The molecule has 0 aromatic carbocycles. The number of halogens is 1. The fraction of sp³-hybridized carbons (Fsp3) is 0.368. The van der Waals surface area contributed by atoms with Crippen molar-refractivity contribution in [1.82, 2.24) is 15.0 Å². The van der Waals surface area contributed by atoms with Gasteiger partial charge in [-0.3, -0.25) is 9.98 Å². The average molecular weight is 371 g/mol. The number of fused-ring (bicyclic) bond motifs is 1. The average Bonchev–Trinajstić information content (AvgIpc) is 2.61. The molecule has 2 N–H and O–H groups in total. The van der Waals surface area contributed by atoms with Gasteiger partial charge in [0.2, 0.25) is 5.28 Å². The van der Waals surface area contributed by atoms with Gasteiger partial charge in [-0.1, -0.05) is 0 Å². The van der Waals surface area contributed by atoms with Gasteiger partial charge in [0.25, 0.3) is 0 Å². The SMILES string of the molecule is CN=CC(=C(C)N)c1cnc2c(c1)CN(c1nc(Cl)nc(C)c1C)CC2. The smallest absolute Gasteiger partial charge is 0.224 e. The number of aliphatic imine (C=N–C) groups is 1. The van der Waals surface area contributed by atoms with E-state index in [4.69, 9.17) is 17.3 Å². The predicted octanol–water partition coefficient (Wildman–Crippen LogP) is 3.09. The number of hydrogen-bond donors (Lipinski definition) is 1. The lowest BCUT2D eigenvalue weighted by Crippen LogP contribution is -2.32.